The molecule has 1 fully saturated rings. The van der Waals surface area contributed by atoms with Crippen LogP contribution in [0.15, 0.2) is 17.5 Å². The molecule has 0 spiro atoms. The van der Waals surface area contributed by atoms with E-state index in [0.29, 0.717) is 18.4 Å². The molecule has 5 nitrogen and oxygen atoms in total. The van der Waals surface area contributed by atoms with Gasteiger partial charge in [-0.15, -0.1) is 24.0 Å². The van der Waals surface area contributed by atoms with Crippen molar-refractivity contribution in [1.29, 1.82) is 0 Å². The van der Waals surface area contributed by atoms with Gasteiger partial charge in [-0.3, -0.25) is 0 Å². The Bertz CT molecular complexity index is 401. The zero-order valence-corrected chi connectivity index (χ0v) is 13.4. The number of rotatable bonds is 2. The van der Waals surface area contributed by atoms with Gasteiger partial charge in [0.2, 0.25) is 0 Å². The highest BCUT2D eigenvalue weighted by Gasteiger charge is 2.17. The van der Waals surface area contributed by atoms with Gasteiger partial charge in [-0.1, -0.05) is 6.92 Å². The van der Waals surface area contributed by atoms with Gasteiger partial charge in [0.05, 0.1) is 24.8 Å². The summed E-state index contributed by atoms with van der Waals surface area (Å²) in [5, 5.41) is 0. The number of guanidine groups is 1. The lowest BCUT2D eigenvalue weighted by Crippen LogP contribution is -2.43. The Morgan fingerprint density at radius 1 is 1.61 bits per heavy atom. The monoisotopic (exact) mass is 363 g/mol. The van der Waals surface area contributed by atoms with Crippen LogP contribution in [0, 0.1) is 5.92 Å². The molecule has 0 radical (unpaired) electrons. The van der Waals surface area contributed by atoms with Crippen molar-refractivity contribution in [2.24, 2.45) is 23.7 Å². The van der Waals surface area contributed by atoms with E-state index in [1.807, 2.05) is 17.8 Å². The standard InChI is InChI=1S/C12H21N5.HI/c1-10-4-3-5-17(8-10)12(13)15-7-11-6-14-9-16(11)2;/h6,9-10H,3-5,7-8H2,1-2H3,(H2,13,15);1H. The first-order valence-corrected chi connectivity index (χ1v) is 6.17. The topological polar surface area (TPSA) is 59.4 Å². The summed E-state index contributed by atoms with van der Waals surface area (Å²) in [7, 11) is 1.97. The van der Waals surface area contributed by atoms with Crippen LogP contribution in [0.25, 0.3) is 0 Å². The molecule has 2 heterocycles. The summed E-state index contributed by atoms with van der Waals surface area (Å²) >= 11 is 0. The van der Waals surface area contributed by atoms with E-state index in [1.54, 1.807) is 6.33 Å². The quantitative estimate of drug-likeness (QED) is 0.493. The lowest BCUT2D eigenvalue weighted by molar-refractivity contribution is 0.270. The maximum atomic E-state index is 6.02. The number of likely N-dealkylation sites (tertiary alicyclic amines) is 1. The van der Waals surface area contributed by atoms with Crippen LogP contribution >= 0.6 is 24.0 Å². The van der Waals surface area contributed by atoms with E-state index in [4.69, 9.17) is 5.73 Å². The van der Waals surface area contributed by atoms with E-state index in [0.717, 1.165) is 18.8 Å². The zero-order chi connectivity index (χ0) is 12.3. The summed E-state index contributed by atoms with van der Waals surface area (Å²) < 4.78 is 1.97. The van der Waals surface area contributed by atoms with Crippen molar-refractivity contribution in [2.45, 2.75) is 26.3 Å². The molecule has 0 aliphatic carbocycles. The third-order valence-electron chi connectivity index (χ3n) is 3.30. The number of imidazole rings is 1. The Kier molecular flexibility index (Phi) is 5.90. The van der Waals surface area contributed by atoms with Gasteiger partial charge < -0.3 is 15.2 Å². The van der Waals surface area contributed by atoms with Crippen molar-refractivity contribution in [3.63, 3.8) is 0 Å². The lowest BCUT2D eigenvalue weighted by atomic mass is 10.0. The number of aromatic nitrogens is 2. The van der Waals surface area contributed by atoms with E-state index in [-0.39, 0.29) is 24.0 Å². The van der Waals surface area contributed by atoms with E-state index >= 15 is 0 Å². The van der Waals surface area contributed by atoms with Gasteiger partial charge in [0, 0.05) is 20.1 Å². The molecule has 2 rings (SSSR count). The number of halogens is 1. The summed E-state index contributed by atoms with van der Waals surface area (Å²) in [6.45, 7) is 4.93. The highest BCUT2D eigenvalue weighted by Crippen LogP contribution is 2.15. The maximum absolute atomic E-state index is 6.02. The van der Waals surface area contributed by atoms with Crippen LogP contribution in [0.4, 0.5) is 0 Å². The third kappa shape index (κ3) is 3.86. The molecule has 0 bridgehead atoms. The molecule has 1 unspecified atom stereocenters. The predicted molar refractivity (Wildman–Crippen MR) is 83.9 cm³/mol. The second-order valence-electron chi connectivity index (χ2n) is 4.86. The highest BCUT2D eigenvalue weighted by molar-refractivity contribution is 14.0. The van der Waals surface area contributed by atoms with Crippen molar-refractivity contribution in [1.82, 2.24) is 14.5 Å². The van der Waals surface area contributed by atoms with Crippen LogP contribution in [0.5, 0.6) is 0 Å². The zero-order valence-electron chi connectivity index (χ0n) is 11.0. The lowest BCUT2D eigenvalue weighted by Gasteiger charge is -2.31. The minimum atomic E-state index is 0. The SMILES string of the molecule is CC1CCCN(C(N)=NCc2cncn2C)C1.I. The van der Waals surface area contributed by atoms with Crippen LogP contribution in [0.1, 0.15) is 25.5 Å². The molecular weight excluding hydrogens is 341 g/mol. The molecule has 18 heavy (non-hydrogen) atoms. The number of nitrogens with two attached hydrogens (primary N) is 1. The number of hydrogen-bond donors (Lipinski definition) is 1. The van der Waals surface area contributed by atoms with Crippen LogP contribution in [0.3, 0.4) is 0 Å². The fourth-order valence-electron chi connectivity index (χ4n) is 2.20. The smallest absolute Gasteiger partial charge is 0.191 e. The Morgan fingerprint density at radius 3 is 3.00 bits per heavy atom. The first-order valence-electron chi connectivity index (χ1n) is 6.17. The minimum absolute atomic E-state index is 0. The first-order chi connectivity index (χ1) is 8.16. The molecule has 1 aromatic heterocycles. The summed E-state index contributed by atoms with van der Waals surface area (Å²) in [4.78, 5) is 10.7. The van der Waals surface area contributed by atoms with Crippen LogP contribution in [0.2, 0.25) is 0 Å². The Balaban J connectivity index is 0.00000162. The van der Waals surface area contributed by atoms with Gasteiger partial charge >= 0.3 is 0 Å². The molecule has 1 aliphatic heterocycles. The van der Waals surface area contributed by atoms with Crippen molar-refractivity contribution >= 4 is 29.9 Å². The normalized spacial score (nSPS) is 20.7. The molecule has 102 valence electrons. The Hall–Kier alpha value is -0.790. The van der Waals surface area contributed by atoms with Crippen molar-refractivity contribution < 1.29 is 0 Å². The molecule has 0 saturated carbocycles. The molecule has 1 aromatic rings. The van der Waals surface area contributed by atoms with Crippen LogP contribution in [-0.4, -0.2) is 33.5 Å². The van der Waals surface area contributed by atoms with E-state index < -0.39 is 0 Å². The van der Waals surface area contributed by atoms with Gasteiger partial charge in [-0.05, 0) is 18.8 Å². The maximum Gasteiger partial charge on any atom is 0.191 e. The van der Waals surface area contributed by atoms with Crippen LogP contribution < -0.4 is 5.73 Å². The van der Waals surface area contributed by atoms with Gasteiger partial charge in [0.15, 0.2) is 5.96 Å². The number of nitrogens with zero attached hydrogens (tertiary/aromatic N) is 4. The summed E-state index contributed by atoms with van der Waals surface area (Å²) in [5.41, 5.74) is 7.11. The second-order valence-corrected chi connectivity index (χ2v) is 4.86. The molecule has 0 aromatic carbocycles. The fourth-order valence-corrected chi connectivity index (χ4v) is 2.20. The van der Waals surface area contributed by atoms with Gasteiger partial charge in [-0.25, -0.2) is 9.98 Å². The third-order valence-corrected chi connectivity index (χ3v) is 3.30. The number of piperidine rings is 1. The summed E-state index contributed by atoms with van der Waals surface area (Å²) in [5.74, 6) is 1.38. The summed E-state index contributed by atoms with van der Waals surface area (Å²) in [6, 6.07) is 0. The second kappa shape index (κ2) is 6.96. The van der Waals surface area contributed by atoms with Gasteiger partial charge in [0.25, 0.3) is 0 Å². The Labute approximate surface area is 125 Å². The van der Waals surface area contributed by atoms with E-state index in [9.17, 15) is 0 Å². The molecule has 1 atom stereocenters. The minimum Gasteiger partial charge on any atom is -0.370 e. The van der Waals surface area contributed by atoms with Crippen molar-refractivity contribution in [2.75, 3.05) is 13.1 Å². The molecule has 6 heteroatoms. The Morgan fingerprint density at radius 2 is 2.39 bits per heavy atom. The van der Waals surface area contributed by atoms with Crippen LogP contribution in [-0.2, 0) is 13.6 Å². The molecule has 2 N–H and O–H groups in total. The van der Waals surface area contributed by atoms with Crippen molar-refractivity contribution in [3.05, 3.63) is 18.2 Å². The molecular formula is C12H22IN5. The molecule has 0 amide bonds. The largest absolute Gasteiger partial charge is 0.370 e. The van der Waals surface area contributed by atoms with Crippen molar-refractivity contribution in [3.8, 4) is 0 Å². The molecule has 1 saturated heterocycles. The van der Waals surface area contributed by atoms with E-state index in [2.05, 4.69) is 21.8 Å². The van der Waals surface area contributed by atoms with Gasteiger partial charge in [-0.2, -0.15) is 0 Å². The average molecular weight is 363 g/mol. The first kappa shape index (κ1) is 15.3. The summed E-state index contributed by atoms with van der Waals surface area (Å²) in [6.07, 6.45) is 6.12. The number of aryl methyl sites for hydroxylation is 1. The average Bonchev–Trinajstić information content (AvgIpc) is 2.72. The number of aliphatic imine (C=N–C) groups is 1. The highest BCUT2D eigenvalue weighted by atomic mass is 127. The molecule has 1 aliphatic rings. The number of hydrogen-bond acceptors (Lipinski definition) is 2. The predicted octanol–water partition coefficient (Wildman–Crippen LogP) is 1.58. The van der Waals surface area contributed by atoms with E-state index in [1.165, 1.54) is 12.8 Å². The fraction of sp³-hybridized carbons (Fsp3) is 0.667. The van der Waals surface area contributed by atoms with Gasteiger partial charge in [0.1, 0.15) is 0 Å².